The molecule has 150 valence electrons. The number of ether oxygens (including phenoxy) is 1. The van der Waals surface area contributed by atoms with Crippen LogP contribution in [0.15, 0.2) is 41.6 Å². The Morgan fingerprint density at radius 2 is 1.89 bits per heavy atom. The third kappa shape index (κ3) is 4.94. The zero-order valence-corrected chi connectivity index (χ0v) is 16.5. The molecule has 2 aromatic rings. The summed E-state index contributed by atoms with van der Waals surface area (Å²) in [7, 11) is 0. The summed E-state index contributed by atoms with van der Waals surface area (Å²) in [5, 5.41) is 34.9. The quantitative estimate of drug-likeness (QED) is 0.324. The van der Waals surface area contributed by atoms with Crippen LogP contribution in [0.2, 0.25) is 0 Å². The molecule has 0 saturated carbocycles. The van der Waals surface area contributed by atoms with E-state index in [0.717, 1.165) is 17.8 Å². The molecule has 0 bridgehead atoms. The smallest absolute Gasteiger partial charge is 0.339 e. The van der Waals surface area contributed by atoms with Crippen LogP contribution in [0.5, 0.6) is 11.5 Å². The number of hydrogen-bond donors (Lipinski definition) is 4. The van der Waals surface area contributed by atoms with Crippen LogP contribution in [-0.4, -0.2) is 40.3 Å². The van der Waals surface area contributed by atoms with Gasteiger partial charge >= 0.3 is 5.97 Å². The Hall–Kier alpha value is -3.22. The number of nitrogens with one attached hydrogen (secondary N) is 1. The van der Waals surface area contributed by atoms with Crippen molar-refractivity contribution in [3.63, 3.8) is 0 Å². The first-order chi connectivity index (χ1) is 13.2. The lowest BCUT2D eigenvalue weighted by molar-refractivity contribution is 0.0693. The van der Waals surface area contributed by atoms with Crippen LogP contribution in [0.4, 0.5) is 5.69 Å². The fraction of sp³-hybridized carbons (Fsp3) is 0.333. The maximum Gasteiger partial charge on any atom is 0.339 e. The van der Waals surface area contributed by atoms with Gasteiger partial charge in [0.25, 0.3) is 0 Å². The van der Waals surface area contributed by atoms with Crippen molar-refractivity contribution in [2.45, 2.75) is 33.1 Å². The van der Waals surface area contributed by atoms with Gasteiger partial charge in [-0.1, -0.05) is 32.0 Å². The minimum absolute atomic E-state index is 0.0491. The Kier molecular flexibility index (Phi) is 6.51. The third-order valence-corrected chi connectivity index (χ3v) is 4.22. The minimum atomic E-state index is -1.22. The van der Waals surface area contributed by atoms with Crippen LogP contribution in [0.1, 0.15) is 49.2 Å². The number of anilines is 1. The van der Waals surface area contributed by atoms with Crippen molar-refractivity contribution in [2.24, 2.45) is 5.16 Å². The van der Waals surface area contributed by atoms with Crippen LogP contribution < -0.4 is 10.1 Å². The van der Waals surface area contributed by atoms with E-state index in [0.29, 0.717) is 11.3 Å². The van der Waals surface area contributed by atoms with E-state index < -0.39 is 11.7 Å². The van der Waals surface area contributed by atoms with Crippen molar-refractivity contribution in [2.75, 3.05) is 18.5 Å². The van der Waals surface area contributed by atoms with Crippen molar-refractivity contribution >= 4 is 17.4 Å². The standard InChI is InChI=1S/C21H26N2O5/c1-5-22-17-9-6-13(10-16(17)21(2,3)4)18(23-27)12-28-14-7-8-15(20(25)26)19(24)11-14/h6-11,22,24,27H,5,12H2,1-4H3,(H,25,26). The summed E-state index contributed by atoms with van der Waals surface area (Å²) in [4.78, 5) is 11.0. The van der Waals surface area contributed by atoms with E-state index in [1.54, 1.807) is 0 Å². The fourth-order valence-electron chi connectivity index (χ4n) is 2.79. The van der Waals surface area contributed by atoms with Gasteiger partial charge in [0, 0.05) is 23.9 Å². The minimum Gasteiger partial charge on any atom is -0.507 e. The van der Waals surface area contributed by atoms with Gasteiger partial charge in [-0.15, -0.1) is 0 Å². The summed E-state index contributed by atoms with van der Waals surface area (Å²) in [5.41, 5.74) is 2.79. The molecule has 0 aliphatic rings. The number of carboxylic acid groups (broad SMARTS) is 1. The van der Waals surface area contributed by atoms with Gasteiger partial charge in [0.1, 0.15) is 29.4 Å². The van der Waals surface area contributed by atoms with Gasteiger partial charge in [0.2, 0.25) is 0 Å². The van der Waals surface area contributed by atoms with Gasteiger partial charge < -0.3 is 25.5 Å². The van der Waals surface area contributed by atoms with Gasteiger partial charge in [-0.3, -0.25) is 0 Å². The maximum atomic E-state index is 11.0. The number of benzene rings is 2. The van der Waals surface area contributed by atoms with E-state index in [9.17, 15) is 15.1 Å². The molecular weight excluding hydrogens is 360 g/mol. The molecule has 2 aromatic carbocycles. The second kappa shape index (κ2) is 8.65. The molecule has 0 amide bonds. The molecule has 0 spiro atoms. The number of aromatic hydroxyl groups is 1. The van der Waals surface area contributed by atoms with Crippen LogP contribution in [-0.2, 0) is 5.41 Å². The van der Waals surface area contributed by atoms with E-state index in [2.05, 4.69) is 31.2 Å². The van der Waals surface area contributed by atoms with Gasteiger partial charge in [-0.25, -0.2) is 4.79 Å². The highest BCUT2D eigenvalue weighted by Crippen LogP contribution is 2.31. The Labute approximate surface area is 164 Å². The normalized spacial score (nSPS) is 11.9. The Balaban J connectivity index is 2.24. The van der Waals surface area contributed by atoms with E-state index in [1.165, 1.54) is 18.2 Å². The monoisotopic (exact) mass is 386 g/mol. The summed E-state index contributed by atoms with van der Waals surface area (Å²) < 4.78 is 5.57. The number of carboxylic acids is 1. The lowest BCUT2D eigenvalue weighted by Gasteiger charge is -2.24. The van der Waals surface area contributed by atoms with E-state index in [-0.39, 0.29) is 23.3 Å². The van der Waals surface area contributed by atoms with Crippen molar-refractivity contribution in [1.29, 1.82) is 0 Å². The largest absolute Gasteiger partial charge is 0.507 e. The molecule has 0 aromatic heterocycles. The molecule has 0 heterocycles. The van der Waals surface area contributed by atoms with Crippen LogP contribution >= 0.6 is 0 Å². The summed E-state index contributed by atoms with van der Waals surface area (Å²) in [6.45, 7) is 9.08. The molecule has 0 aliphatic carbocycles. The van der Waals surface area contributed by atoms with Crippen LogP contribution in [0, 0.1) is 0 Å². The first kappa shape index (κ1) is 21.1. The number of phenols is 1. The maximum absolute atomic E-state index is 11.0. The van der Waals surface area contributed by atoms with Crippen LogP contribution in [0.3, 0.4) is 0 Å². The molecule has 0 unspecified atom stereocenters. The van der Waals surface area contributed by atoms with Gasteiger partial charge in [-0.05, 0) is 42.2 Å². The second-order valence-corrected chi connectivity index (χ2v) is 7.36. The van der Waals surface area contributed by atoms with Crippen molar-refractivity contribution in [3.8, 4) is 11.5 Å². The molecule has 0 radical (unpaired) electrons. The topological polar surface area (TPSA) is 111 Å². The van der Waals surface area contributed by atoms with Crippen molar-refractivity contribution in [1.82, 2.24) is 0 Å². The van der Waals surface area contributed by atoms with Crippen LogP contribution in [0.25, 0.3) is 0 Å². The molecular formula is C21H26N2O5. The zero-order chi connectivity index (χ0) is 20.9. The molecule has 7 heteroatoms. The average molecular weight is 386 g/mol. The number of aromatic carboxylic acids is 1. The SMILES string of the molecule is CCNc1ccc(C(COc2ccc(C(=O)O)c(O)c2)=NO)cc1C(C)(C)C. The first-order valence-corrected chi connectivity index (χ1v) is 8.96. The first-order valence-electron chi connectivity index (χ1n) is 8.96. The zero-order valence-electron chi connectivity index (χ0n) is 16.5. The lowest BCUT2D eigenvalue weighted by atomic mass is 9.84. The number of hydrogen-bond acceptors (Lipinski definition) is 6. The Bertz CT molecular complexity index is 885. The average Bonchev–Trinajstić information content (AvgIpc) is 2.62. The second-order valence-electron chi connectivity index (χ2n) is 7.36. The highest BCUT2D eigenvalue weighted by atomic mass is 16.5. The predicted molar refractivity (Wildman–Crippen MR) is 108 cm³/mol. The summed E-state index contributed by atoms with van der Waals surface area (Å²) >= 11 is 0. The Morgan fingerprint density at radius 3 is 2.43 bits per heavy atom. The number of carbonyl (C=O) groups is 1. The molecule has 0 aliphatic heterocycles. The summed E-state index contributed by atoms with van der Waals surface area (Å²) in [6, 6.07) is 9.65. The van der Waals surface area contributed by atoms with E-state index in [4.69, 9.17) is 9.84 Å². The highest BCUT2D eigenvalue weighted by Gasteiger charge is 2.20. The molecule has 0 atom stereocenters. The molecule has 7 nitrogen and oxygen atoms in total. The summed E-state index contributed by atoms with van der Waals surface area (Å²) in [5.74, 6) is -1.35. The van der Waals surface area contributed by atoms with E-state index in [1.807, 2.05) is 25.1 Å². The third-order valence-electron chi connectivity index (χ3n) is 4.22. The lowest BCUT2D eigenvalue weighted by Crippen LogP contribution is -2.18. The number of oxime groups is 1. The van der Waals surface area contributed by atoms with Gasteiger partial charge in [-0.2, -0.15) is 0 Å². The van der Waals surface area contributed by atoms with Gasteiger partial charge in [0.05, 0.1) is 0 Å². The predicted octanol–water partition coefficient (Wildman–Crippen LogP) is 4.08. The van der Waals surface area contributed by atoms with Gasteiger partial charge in [0.15, 0.2) is 0 Å². The molecule has 0 saturated heterocycles. The molecule has 0 fully saturated rings. The highest BCUT2D eigenvalue weighted by molar-refractivity contribution is 6.02. The van der Waals surface area contributed by atoms with Crippen molar-refractivity contribution < 1.29 is 25.0 Å². The molecule has 28 heavy (non-hydrogen) atoms. The number of nitrogens with zero attached hydrogens (tertiary/aromatic N) is 1. The Morgan fingerprint density at radius 1 is 1.18 bits per heavy atom. The summed E-state index contributed by atoms with van der Waals surface area (Å²) in [6.07, 6.45) is 0. The van der Waals surface area contributed by atoms with E-state index >= 15 is 0 Å². The molecule has 2 rings (SSSR count). The molecule has 4 N–H and O–H groups in total. The number of rotatable bonds is 7. The van der Waals surface area contributed by atoms with Crippen molar-refractivity contribution in [3.05, 3.63) is 53.1 Å². The fourth-order valence-corrected chi connectivity index (χ4v) is 2.79.